The molecule has 1 heterocycles. The molecule has 0 aliphatic carbocycles. The summed E-state index contributed by atoms with van der Waals surface area (Å²) in [4.78, 5) is 24.5. The second-order valence-electron chi connectivity index (χ2n) is 5.79. The van der Waals surface area contributed by atoms with Gasteiger partial charge in [0.15, 0.2) is 0 Å². The molecule has 1 fully saturated rings. The second kappa shape index (κ2) is 6.61. The first kappa shape index (κ1) is 15.4. The third-order valence-corrected chi connectivity index (χ3v) is 4.22. The molecule has 1 aromatic carbocycles. The van der Waals surface area contributed by atoms with Crippen molar-refractivity contribution in [2.45, 2.75) is 19.8 Å². The molecule has 1 aliphatic heterocycles. The summed E-state index contributed by atoms with van der Waals surface area (Å²) in [5, 5.41) is 11.8. The van der Waals surface area contributed by atoms with Crippen molar-refractivity contribution < 1.29 is 14.7 Å². The monoisotopic (exact) mass is 290 g/mol. The zero-order valence-corrected chi connectivity index (χ0v) is 12.5. The highest BCUT2D eigenvalue weighted by Gasteiger charge is 2.37. The van der Waals surface area contributed by atoms with Crippen LogP contribution < -0.4 is 5.32 Å². The molecule has 0 spiro atoms. The van der Waals surface area contributed by atoms with Crippen LogP contribution in [0.1, 0.15) is 25.3 Å². The summed E-state index contributed by atoms with van der Waals surface area (Å²) in [7, 11) is 0. The highest BCUT2D eigenvalue weighted by Crippen LogP contribution is 2.24. The normalized spacial score (nSPS) is 17.7. The molecule has 0 aromatic heterocycles. The van der Waals surface area contributed by atoms with Gasteiger partial charge in [0.2, 0.25) is 0 Å². The van der Waals surface area contributed by atoms with Crippen molar-refractivity contribution >= 4 is 12.0 Å². The number of nitrogens with zero attached hydrogens (tertiary/aromatic N) is 1. The first-order chi connectivity index (χ1) is 9.99. The van der Waals surface area contributed by atoms with Gasteiger partial charge in [0.05, 0.1) is 5.92 Å². The number of hydrogen-bond donors (Lipinski definition) is 2. The number of carbonyl (C=O) groups is 2. The van der Waals surface area contributed by atoms with Gasteiger partial charge in [0, 0.05) is 25.6 Å². The van der Waals surface area contributed by atoms with Crippen LogP contribution in [-0.4, -0.2) is 41.6 Å². The van der Waals surface area contributed by atoms with Crippen LogP contribution in [0.5, 0.6) is 0 Å². The van der Waals surface area contributed by atoms with Gasteiger partial charge in [0.1, 0.15) is 0 Å². The lowest BCUT2D eigenvalue weighted by molar-refractivity contribution is -0.144. The molecule has 2 unspecified atom stereocenters. The Bertz CT molecular complexity index is 498. The zero-order valence-electron chi connectivity index (χ0n) is 12.5. The van der Waals surface area contributed by atoms with Gasteiger partial charge < -0.3 is 15.3 Å². The van der Waals surface area contributed by atoms with E-state index in [1.165, 1.54) is 5.56 Å². The number of amides is 2. The molecule has 2 rings (SSSR count). The van der Waals surface area contributed by atoms with Crippen LogP contribution in [0, 0.1) is 11.8 Å². The Kier molecular flexibility index (Phi) is 4.83. The Morgan fingerprint density at radius 2 is 1.90 bits per heavy atom. The zero-order chi connectivity index (χ0) is 15.4. The Morgan fingerprint density at radius 3 is 2.48 bits per heavy atom. The summed E-state index contributed by atoms with van der Waals surface area (Å²) in [6.07, 6.45) is 0. The topological polar surface area (TPSA) is 69.6 Å². The quantitative estimate of drug-likeness (QED) is 0.873. The van der Waals surface area contributed by atoms with Crippen LogP contribution in [0.15, 0.2) is 30.3 Å². The fraction of sp³-hybridized carbons (Fsp3) is 0.500. The van der Waals surface area contributed by atoms with Crippen molar-refractivity contribution in [1.29, 1.82) is 0 Å². The van der Waals surface area contributed by atoms with Crippen molar-refractivity contribution in [1.82, 2.24) is 10.2 Å². The van der Waals surface area contributed by atoms with Crippen molar-refractivity contribution in [3.8, 4) is 0 Å². The van der Waals surface area contributed by atoms with E-state index in [2.05, 4.69) is 12.2 Å². The number of carbonyl (C=O) groups excluding carboxylic acids is 1. The smallest absolute Gasteiger partial charge is 0.317 e. The van der Waals surface area contributed by atoms with E-state index in [1.54, 1.807) is 11.8 Å². The minimum atomic E-state index is -0.794. The van der Waals surface area contributed by atoms with Gasteiger partial charge in [-0.1, -0.05) is 44.2 Å². The summed E-state index contributed by atoms with van der Waals surface area (Å²) in [5.74, 6) is -0.861. The number of nitrogens with one attached hydrogen (secondary N) is 1. The van der Waals surface area contributed by atoms with Crippen molar-refractivity contribution in [3.63, 3.8) is 0 Å². The molecule has 5 heteroatoms. The molecule has 5 nitrogen and oxygen atoms in total. The Hall–Kier alpha value is -2.04. The number of carboxylic acid groups (broad SMARTS) is 1. The Morgan fingerprint density at radius 1 is 1.29 bits per heavy atom. The fourth-order valence-corrected chi connectivity index (χ4v) is 2.45. The number of hydrogen-bond acceptors (Lipinski definition) is 2. The Balaban J connectivity index is 1.73. The van der Waals surface area contributed by atoms with Gasteiger partial charge in [-0.05, 0) is 11.5 Å². The van der Waals surface area contributed by atoms with E-state index in [4.69, 9.17) is 5.11 Å². The minimum absolute atomic E-state index is 0.0693. The molecule has 2 N–H and O–H groups in total. The molecule has 114 valence electrons. The van der Waals surface area contributed by atoms with Crippen LogP contribution in [0.3, 0.4) is 0 Å². The molecule has 0 radical (unpaired) electrons. The summed E-state index contributed by atoms with van der Waals surface area (Å²) in [6.45, 7) is 5.40. The van der Waals surface area contributed by atoms with E-state index < -0.39 is 11.9 Å². The number of aliphatic carboxylic acids is 1. The van der Waals surface area contributed by atoms with Crippen LogP contribution in [0.2, 0.25) is 0 Å². The van der Waals surface area contributed by atoms with Gasteiger partial charge >= 0.3 is 12.0 Å². The maximum absolute atomic E-state index is 12.0. The standard InChI is InChI=1S/C16H22N2O3/c1-11(13-6-4-3-5-7-13)8-17-16(21)18-9-14(10-18)12(2)15(19)20/h3-7,11-12,14H,8-10H2,1-2H3,(H,17,21)(H,19,20). The van der Waals surface area contributed by atoms with Crippen LogP contribution in [0.25, 0.3) is 0 Å². The maximum atomic E-state index is 12.0. The van der Waals surface area contributed by atoms with E-state index in [1.807, 2.05) is 30.3 Å². The lowest BCUT2D eigenvalue weighted by Crippen LogP contribution is -2.56. The van der Waals surface area contributed by atoms with Gasteiger partial charge in [0.25, 0.3) is 0 Å². The van der Waals surface area contributed by atoms with Crippen LogP contribution in [-0.2, 0) is 4.79 Å². The molecule has 21 heavy (non-hydrogen) atoms. The van der Waals surface area contributed by atoms with Gasteiger partial charge in [-0.2, -0.15) is 0 Å². The van der Waals surface area contributed by atoms with Gasteiger partial charge in [-0.15, -0.1) is 0 Å². The number of urea groups is 1. The van der Waals surface area contributed by atoms with E-state index in [0.29, 0.717) is 19.6 Å². The van der Waals surface area contributed by atoms with Crippen molar-refractivity contribution in [2.75, 3.05) is 19.6 Å². The molecule has 2 atom stereocenters. The molecular weight excluding hydrogens is 268 g/mol. The predicted molar refractivity (Wildman–Crippen MR) is 80.1 cm³/mol. The lowest BCUT2D eigenvalue weighted by atomic mass is 9.87. The SMILES string of the molecule is CC(CNC(=O)N1CC(C(C)C(=O)O)C1)c1ccccc1. The highest BCUT2D eigenvalue weighted by atomic mass is 16.4. The lowest BCUT2D eigenvalue weighted by Gasteiger charge is -2.41. The summed E-state index contributed by atoms with van der Waals surface area (Å²) < 4.78 is 0. The molecule has 0 bridgehead atoms. The number of rotatable bonds is 5. The van der Waals surface area contributed by atoms with Gasteiger partial charge in [-0.3, -0.25) is 4.79 Å². The van der Waals surface area contributed by atoms with E-state index in [9.17, 15) is 9.59 Å². The second-order valence-corrected chi connectivity index (χ2v) is 5.79. The summed E-state index contributed by atoms with van der Waals surface area (Å²) in [6, 6.07) is 9.93. The first-order valence-corrected chi connectivity index (χ1v) is 7.29. The molecule has 2 amide bonds. The van der Waals surface area contributed by atoms with E-state index in [0.717, 1.165) is 0 Å². The van der Waals surface area contributed by atoms with E-state index in [-0.39, 0.29) is 17.9 Å². The minimum Gasteiger partial charge on any atom is -0.481 e. The molecule has 0 saturated carbocycles. The molecule has 1 aromatic rings. The van der Waals surface area contributed by atoms with E-state index >= 15 is 0 Å². The molecule has 1 aliphatic rings. The number of carboxylic acids is 1. The van der Waals surface area contributed by atoms with Crippen molar-refractivity contribution in [2.24, 2.45) is 11.8 Å². The number of likely N-dealkylation sites (tertiary alicyclic amines) is 1. The molecule has 1 saturated heterocycles. The third-order valence-electron chi connectivity index (χ3n) is 4.22. The highest BCUT2D eigenvalue weighted by molar-refractivity contribution is 5.76. The summed E-state index contributed by atoms with van der Waals surface area (Å²) >= 11 is 0. The third kappa shape index (κ3) is 3.74. The molecular formula is C16H22N2O3. The average molecular weight is 290 g/mol. The average Bonchev–Trinajstić information content (AvgIpc) is 2.43. The van der Waals surface area contributed by atoms with Crippen LogP contribution in [0.4, 0.5) is 4.79 Å². The first-order valence-electron chi connectivity index (χ1n) is 7.29. The van der Waals surface area contributed by atoms with Gasteiger partial charge in [-0.25, -0.2) is 4.79 Å². The number of benzene rings is 1. The predicted octanol–water partition coefficient (Wildman–Crippen LogP) is 2.15. The largest absolute Gasteiger partial charge is 0.481 e. The fourth-order valence-electron chi connectivity index (χ4n) is 2.45. The Labute approximate surface area is 125 Å². The van der Waals surface area contributed by atoms with Crippen LogP contribution >= 0.6 is 0 Å². The van der Waals surface area contributed by atoms with Crippen molar-refractivity contribution in [3.05, 3.63) is 35.9 Å². The maximum Gasteiger partial charge on any atom is 0.317 e. The summed E-state index contributed by atoms with van der Waals surface area (Å²) in [5.41, 5.74) is 1.19.